The summed E-state index contributed by atoms with van der Waals surface area (Å²) in [5.74, 6) is -0.0827. The molecule has 0 bridgehead atoms. The number of carbonyl (C=O) groups excluding carboxylic acids is 2. The van der Waals surface area contributed by atoms with E-state index in [2.05, 4.69) is 17.0 Å². The van der Waals surface area contributed by atoms with Gasteiger partial charge < -0.3 is 19.7 Å². The van der Waals surface area contributed by atoms with Gasteiger partial charge in [-0.05, 0) is 26.2 Å². The highest BCUT2D eigenvalue weighted by Crippen LogP contribution is 2.22. The Bertz CT molecular complexity index is 335. The second-order valence-corrected chi connectivity index (χ2v) is 5.17. The van der Waals surface area contributed by atoms with Gasteiger partial charge in [0.25, 0.3) is 0 Å². The number of nitrogens with one attached hydrogen (secondary N) is 1. The van der Waals surface area contributed by atoms with Gasteiger partial charge in [-0.25, -0.2) is 4.79 Å². The van der Waals surface area contributed by atoms with Gasteiger partial charge in [-0.15, -0.1) is 0 Å². The number of amides is 2. The van der Waals surface area contributed by atoms with Crippen molar-refractivity contribution in [2.24, 2.45) is 0 Å². The number of hydrogen-bond donors (Lipinski definition) is 1. The van der Waals surface area contributed by atoms with Crippen LogP contribution in [0.4, 0.5) is 4.79 Å². The van der Waals surface area contributed by atoms with E-state index < -0.39 is 18.2 Å². The molecule has 6 heteroatoms. The second kappa shape index (κ2) is 8.09. The van der Waals surface area contributed by atoms with E-state index >= 15 is 0 Å². The monoisotopic (exact) mass is 286 g/mol. The SMILES string of the molecule is CCC[C@H]1CCCN1C(=O)C(NC(=O)OC)C(C)OC. The molecule has 1 saturated heterocycles. The molecule has 0 aliphatic carbocycles. The average Bonchev–Trinajstić information content (AvgIpc) is 2.91. The maximum absolute atomic E-state index is 12.7. The molecule has 0 radical (unpaired) electrons. The number of methoxy groups -OCH3 is 2. The summed E-state index contributed by atoms with van der Waals surface area (Å²) >= 11 is 0. The Balaban J connectivity index is 2.78. The molecule has 6 nitrogen and oxygen atoms in total. The highest BCUT2D eigenvalue weighted by Gasteiger charge is 2.36. The Morgan fingerprint density at radius 3 is 2.65 bits per heavy atom. The summed E-state index contributed by atoms with van der Waals surface area (Å²) in [6.45, 7) is 4.63. The molecule has 1 aliphatic heterocycles. The first-order valence-electron chi connectivity index (χ1n) is 7.22. The summed E-state index contributed by atoms with van der Waals surface area (Å²) in [4.78, 5) is 25.9. The van der Waals surface area contributed by atoms with Gasteiger partial charge in [-0.1, -0.05) is 13.3 Å². The summed E-state index contributed by atoms with van der Waals surface area (Å²) in [7, 11) is 2.81. The molecule has 0 saturated carbocycles. The zero-order chi connectivity index (χ0) is 15.1. The second-order valence-electron chi connectivity index (χ2n) is 5.17. The van der Waals surface area contributed by atoms with Gasteiger partial charge in [-0.3, -0.25) is 4.79 Å². The van der Waals surface area contributed by atoms with Crippen LogP contribution in [0.25, 0.3) is 0 Å². The molecule has 1 aliphatic rings. The summed E-state index contributed by atoms with van der Waals surface area (Å²) < 4.78 is 9.80. The topological polar surface area (TPSA) is 67.9 Å². The van der Waals surface area contributed by atoms with Crippen LogP contribution in [-0.2, 0) is 14.3 Å². The Hall–Kier alpha value is -1.30. The maximum atomic E-state index is 12.7. The highest BCUT2D eigenvalue weighted by atomic mass is 16.5. The van der Waals surface area contributed by atoms with Crippen LogP contribution in [0.3, 0.4) is 0 Å². The molecule has 1 N–H and O–H groups in total. The number of alkyl carbamates (subject to hydrolysis) is 1. The van der Waals surface area contributed by atoms with Crippen LogP contribution in [0.15, 0.2) is 0 Å². The van der Waals surface area contributed by atoms with E-state index in [9.17, 15) is 9.59 Å². The average molecular weight is 286 g/mol. The van der Waals surface area contributed by atoms with E-state index in [1.54, 1.807) is 6.92 Å². The zero-order valence-corrected chi connectivity index (χ0v) is 12.8. The third-order valence-corrected chi connectivity index (χ3v) is 3.85. The summed E-state index contributed by atoms with van der Waals surface area (Å²) in [5.41, 5.74) is 0. The van der Waals surface area contributed by atoms with Crippen molar-refractivity contribution < 1.29 is 19.1 Å². The molecule has 2 amide bonds. The first kappa shape index (κ1) is 16.8. The smallest absolute Gasteiger partial charge is 0.407 e. The molecule has 1 heterocycles. The lowest BCUT2D eigenvalue weighted by molar-refractivity contribution is -0.137. The van der Waals surface area contributed by atoms with Gasteiger partial charge in [0.05, 0.1) is 13.2 Å². The first-order valence-corrected chi connectivity index (χ1v) is 7.22. The van der Waals surface area contributed by atoms with Crippen LogP contribution in [0, 0.1) is 0 Å². The third kappa shape index (κ3) is 4.10. The van der Waals surface area contributed by atoms with Crippen molar-refractivity contribution in [2.75, 3.05) is 20.8 Å². The Kier molecular flexibility index (Phi) is 6.78. The lowest BCUT2D eigenvalue weighted by Gasteiger charge is -2.31. The molecule has 3 atom stereocenters. The predicted octanol–water partition coefficient (Wildman–Crippen LogP) is 1.54. The number of nitrogens with zero attached hydrogens (tertiary/aromatic N) is 1. The predicted molar refractivity (Wildman–Crippen MR) is 75.4 cm³/mol. The molecule has 116 valence electrons. The molecule has 0 aromatic carbocycles. The fourth-order valence-electron chi connectivity index (χ4n) is 2.64. The Morgan fingerprint density at radius 1 is 1.40 bits per heavy atom. The number of carbonyl (C=O) groups is 2. The Labute approximate surface area is 120 Å². The lowest BCUT2D eigenvalue weighted by Crippen LogP contribution is -2.55. The van der Waals surface area contributed by atoms with Crippen molar-refractivity contribution in [3.05, 3.63) is 0 Å². The Morgan fingerprint density at radius 2 is 2.10 bits per heavy atom. The van der Waals surface area contributed by atoms with Crippen molar-refractivity contribution in [3.8, 4) is 0 Å². The van der Waals surface area contributed by atoms with Gasteiger partial charge in [0, 0.05) is 19.7 Å². The summed E-state index contributed by atoms with van der Waals surface area (Å²) in [6.07, 6.45) is 3.08. The number of likely N-dealkylation sites (tertiary alicyclic amines) is 1. The molecule has 2 unspecified atom stereocenters. The van der Waals surface area contributed by atoms with Gasteiger partial charge in [-0.2, -0.15) is 0 Å². The minimum atomic E-state index is -0.704. The first-order chi connectivity index (χ1) is 9.54. The van der Waals surface area contributed by atoms with Crippen LogP contribution in [0.1, 0.15) is 39.5 Å². The third-order valence-electron chi connectivity index (χ3n) is 3.85. The van der Waals surface area contributed by atoms with E-state index in [4.69, 9.17) is 4.74 Å². The molecular weight excluding hydrogens is 260 g/mol. The molecule has 1 rings (SSSR count). The van der Waals surface area contributed by atoms with Crippen molar-refractivity contribution in [1.29, 1.82) is 0 Å². The van der Waals surface area contributed by atoms with Gasteiger partial charge in [0.1, 0.15) is 6.04 Å². The van der Waals surface area contributed by atoms with Crippen molar-refractivity contribution in [3.63, 3.8) is 0 Å². The van der Waals surface area contributed by atoms with E-state index in [0.717, 1.165) is 32.2 Å². The van der Waals surface area contributed by atoms with Crippen LogP contribution >= 0.6 is 0 Å². The molecular formula is C14H26N2O4. The standard InChI is InChI=1S/C14H26N2O4/c1-5-7-11-8-6-9-16(11)13(17)12(10(2)19-3)15-14(18)20-4/h10-12H,5-9H2,1-4H3,(H,15,18)/t10?,11-,12?/m0/s1. The van der Waals surface area contributed by atoms with Crippen LogP contribution in [0.2, 0.25) is 0 Å². The number of rotatable bonds is 6. The summed E-state index contributed by atoms with van der Waals surface area (Å²) in [5, 5.41) is 2.58. The van der Waals surface area contributed by atoms with E-state index in [0.29, 0.717) is 0 Å². The molecule has 1 fully saturated rings. The van der Waals surface area contributed by atoms with Crippen LogP contribution < -0.4 is 5.32 Å². The zero-order valence-electron chi connectivity index (χ0n) is 12.8. The van der Waals surface area contributed by atoms with Crippen molar-refractivity contribution >= 4 is 12.0 Å². The minimum absolute atomic E-state index is 0.0827. The van der Waals surface area contributed by atoms with Crippen LogP contribution in [-0.4, -0.2) is 55.9 Å². The maximum Gasteiger partial charge on any atom is 0.407 e. The molecule has 0 aromatic heterocycles. The van der Waals surface area contributed by atoms with E-state index in [1.165, 1.54) is 14.2 Å². The van der Waals surface area contributed by atoms with Crippen molar-refractivity contribution in [1.82, 2.24) is 10.2 Å². The largest absolute Gasteiger partial charge is 0.453 e. The quantitative estimate of drug-likeness (QED) is 0.804. The van der Waals surface area contributed by atoms with Crippen LogP contribution in [0.5, 0.6) is 0 Å². The molecule has 0 aromatic rings. The normalized spacial score (nSPS) is 21.4. The number of hydrogen-bond acceptors (Lipinski definition) is 4. The minimum Gasteiger partial charge on any atom is -0.453 e. The fraction of sp³-hybridized carbons (Fsp3) is 0.857. The van der Waals surface area contributed by atoms with E-state index in [-0.39, 0.29) is 11.9 Å². The molecule has 20 heavy (non-hydrogen) atoms. The number of ether oxygens (including phenoxy) is 2. The summed E-state index contributed by atoms with van der Waals surface area (Å²) in [6, 6.07) is -0.427. The van der Waals surface area contributed by atoms with Gasteiger partial charge >= 0.3 is 6.09 Å². The fourth-order valence-corrected chi connectivity index (χ4v) is 2.64. The molecule has 0 spiro atoms. The van der Waals surface area contributed by atoms with E-state index in [1.807, 2.05) is 4.90 Å². The lowest BCUT2D eigenvalue weighted by atomic mass is 10.1. The van der Waals surface area contributed by atoms with Gasteiger partial charge in [0.2, 0.25) is 5.91 Å². The van der Waals surface area contributed by atoms with Crippen molar-refractivity contribution in [2.45, 2.75) is 57.7 Å². The highest BCUT2D eigenvalue weighted by molar-refractivity contribution is 5.86. The van der Waals surface area contributed by atoms with Gasteiger partial charge in [0.15, 0.2) is 0 Å².